The Bertz CT molecular complexity index is 774. The van der Waals surface area contributed by atoms with Crippen molar-refractivity contribution in [2.24, 2.45) is 0 Å². The van der Waals surface area contributed by atoms with Gasteiger partial charge in [-0.3, -0.25) is 0 Å². The molecule has 1 saturated heterocycles. The molecule has 1 heterocycles. The van der Waals surface area contributed by atoms with Crippen LogP contribution >= 0.6 is 0 Å². The molecule has 0 bridgehead atoms. The first kappa shape index (κ1) is 17.0. The predicted molar refractivity (Wildman–Crippen MR) is 83.0 cm³/mol. The maximum Gasteiger partial charge on any atom is 0.382 e. The van der Waals surface area contributed by atoms with Crippen molar-refractivity contribution in [3.63, 3.8) is 0 Å². The third kappa shape index (κ3) is 3.23. The molecule has 2 aromatic carbocycles. The van der Waals surface area contributed by atoms with Gasteiger partial charge in [0.05, 0.1) is 12.2 Å². The molecule has 0 amide bonds. The average Bonchev–Trinajstić information content (AvgIpc) is 2.85. The number of aliphatic hydroxyl groups excluding tert-OH is 1. The summed E-state index contributed by atoms with van der Waals surface area (Å²) in [5.41, 5.74) is 1.82. The van der Waals surface area contributed by atoms with Gasteiger partial charge in [-0.25, -0.2) is 9.59 Å². The van der Waals surface area contributed by atoms with E-state index < -0.39 is 36.7 Å². The van der Waals surface area contributed by atoms with Gasteiger partial charge in [-0.05, 0) is 23.3 Å². The van der Waals surface area contributed by atoms with Crippen molar-refractivity contribution in [2.75, 3.05) is 6.61 Å². The van der Waals surface area contributed by atoms with Crippen LogP contribution < -0.4 is 0 Å². The first-order valence-corrected chi connectivity index (χ1v) is 7.49. The Morgan fingerprint density at radius 2 is 1.68 bits per heavy atom. The van der Waals surface area contributed by atoms with E-state index in [9.17, 15) is 18.4 Å². The number of benzene rings is 2. The first-order chi connectivity index (χ1) is 11.9. The molecule has 25 heavy (non-hydrogen) atoms. The van der Waals surface area contributed by atoms with Crippen molar-refractivity contribution in [1.82, 2.24) is 0 Å². The van der Waals surface area contributed by atoms with Crippen LogP contribution in [-0.4, -0.2) is 41.8 Å². The predicted octanol–water partition coefficient (Wildman–Crippen LogP) is 2.43. The monoisotopic (exact) mass is 348 g/mol. The highest BCUT2D eigenvalue weighted by Gasteiger charge is 2.62. The van der Waals surface area contributed by atoms with E-state index in [2.05, 4.69) is 4.74 Å². The second-order valence-electron chi connectivity index (χ2n) is 5.52. The number of esters is 2. The van der Waals surface area contributed by atoms with Gasteiger partial charge < -0.3 is 14.6 Å². The number of hydrogen-bond donors (Lipinski definition) is 1. The molecule has 130 valence electrons. The minimum absolute atomic E-state index is 0.0477. The molecule has 0 unspecified atom stereocenters. The molecule has 1 fully saturated rings. The zero-order chi connectivity index (χ0) is 18.0. The first-order valence-electron chi connectivity index (χ1n) is 7.49. The van der Waals surface area contributed by atoms with Gasteiger partial charge in [0.2, 0.25) is 6.10 Å². The second-order valence-corrected chi connectivity index (χ2v) is 5.52. The van der Waals surface area contributed by atoms with Crippen LogP contribution in [0.3, 0.4) is 0 Å². The molecule has 7 heteroatoms. The summed E-state index contributed by atoms with van der Waals surface area (Å²) in [5.74, 6) is -6.84. The molecular weight excluding hydrogens is 334 g/mol. The molecule has 2 atom stereocenters. The van der Waals surface area contributed by atoms with Crippen LogP contribution in [0.5, 0.6) is 0 Å². The zero-order valence-electron chi connectivity index (χ0n) is 12.9. The molecule has 2 aromatic rings. The van der Waals surface area contributed by atoms with Crippen LogP contribution in [0.2, 0.25) is 0 Å². The number of aliphatic hydroxyl groups is 1. The van der Waals surface area contributed by atoms with E-state index in [4.69, 9.17) is 9.84 Å². The van der Waals surface area contributed by atoms with E-state index in [0.29, 0.717) is 0 Å². The number of rotatable bonds is 4. The standard InChI is InChI=1S/C18H14F2O5/c19-18(20)15(14(10-21)24-17(18)23)25-16(22)13-8-6-12(7-9-13)11-4-2-1-3-5-11/h1-9,14-15,21H,10H2/t14-,15-/m1/s1. The normalized spacial score (nSPS) is 21.6. The Balaban J connectivity index is 1.76. The summed E-state index contributed by atoms with van der Waals surface area (Å²) in [4.78, 5) is 23.2. The molecule has 0 spiro atoms. The molecule has 0 aromatic heterocycles. The third-order valence-corrected chi connectivity index (χ3v) is 3.87. The summed E-state index contributed by atoms with van der Waals surface area (Å²) >= 11 is 0. The summed E-state index contributed by atoms with van der Waals surface area (Å²) in [7, 11) is 0. The Morgan fingerprint density at radius 1 is 1.08 bits per heavy atom. The largest absolute Gasteiger partial charge is 0.451 e. The van der Waals surface area contributed by atoms with Crippen LogP contribution in [0.1, 0.15) is 10.4 Å². The quantitative estimate of drug-likeness (QED) is 0.859. The third-order valence-electron chi connectivity index (χ3n) is 3.87. The lowest BCUT2D eigenvalue weighted by atomic mass is 10.0. The Kier molecular flexibility index (Phi) is 4.50. The number of ether oxygens (including phenoxy) is 2. The van der Waals surface area contributed by atoms with E-state index >= 15 is 0 Å². The van der Waals surface area contributed by atoms with Crippen molar-refractivity contribution in [2.45, 2.75) is 18.1 Å². The fourth-order valence-electron chi connectivity index (χ4n) is 2.52. The van der Waals surface area contributed by atoms with Crippen LogP contribution in [0, 0.1) is 0 Å². The number of cyclic esters (lactones) is 1. The minimum Gasteiger partial charge on any atom is -0.451 e. The molecule has 5 nitrogen and oxygen atoms in total. The van der Waals surface area contributed by atoms with Gasteiger partial charge >= 0.3 is 17.9 Å². The molecule has 1 aliphatic heterocycles. The van der Waals surface area contributed by atoms with E-state index in [1.54, 1.807) is 12.1 Å². The minimum atomic E-state index is -3.99. The number of hydrogen-bond acceptors (Lipinski definition) is 5. The lowest BCUT2D eigenvalue weighted by Crippen LogP contribution is -2.42. The van der Waals surface area contributed by atoms with Crippen LogP contribution in [-0.2, 0) is 14.3 Å². The van der Waals surface area contributed by atoms with Crippen molar-refractivity contribution in [3.05, 3.63) is 60.2 Å². The lowest BCUT2D eigenvalue weighted by Gasteiger charge is -2.19. The van der Waals surface area contributed by atoms with Crippen LogP contribution in [0.4, 0.5) is 8.78 Å². The maximum absolute atomic E-state index is 13.7. The second kappa shape index (κ2) is 6.60. The summed E-state index contributed by atoms with van der Waals surface area (Å²) in [6.07, 6.45) is -3.75. The summed E-state index contributed by atoms with van der Waals surface area (Å²) < 4.78 is 36.5. The molecule has 1 aliphatic rings. The van der Waals surface area contributed by atoms with Crippen LogP contribution in [0.15, 0.2) is 54.6 Å². The average molecular weight is 348 g/mol. The van der Waals surface area contributed by atoms with Gasteiger partial charge in [-0.15, -0.1) is 0 Å². The summed E-state index contributed by atoms with van der Waals surface area (Å²) in [5, 5.41) is 9.03. The highest BCUT2D eigenvalue weighted by molar-refractivity contribution is 5.91. The summed E-state index contributed by atoms with van der Waals surface area (Å²) in [6, 6.07) is 15.6. The number of halogens is 2. The Labute approximate surface area is 141 Å². The van der Waals surface area contributed by atoms with Gasteiger partial charge in [0.15, 0.2) is 6.10 Å². The van der Waals surface area contributed by atoms with E-state index in [1.165, 1.54) is 12.1 Å². The molecular formula is C18H14F2O5. The highest BCUT2D eigenvalue weighted by Crippen LogP contribution is 2.34. The molecule has 3 rings (SSSR count). The van der Waals surface area contributed by atoms with Crippen molar-refractivity contribution in [3.8, 4) is 11.1 Å². The number of carbonyl (C=O) groups is 2. The van der Waals surface area contributed by atoms with Gasteiger partial charge in [0.1, 0.15) is 0 Å². The van der Waals surface area contributed by atoms with Crippen molar-refractivity contribution in [1.29, 1.82) is 0 Å². The highest BCUT2D eigenvalue weighted by atomic mass is 19.3. The van der Waals surface area contributed by atoms with Crippen molar-refractivity contribution < 1.29 is 33.0 Å². The van der Waals surface area contributed by atoms with Gasteiger partial charge in [-0.1, -0.05) is 42.5 Å². The molecule has 1 N–H and O–H groups in total. The summed E-state index contributed by atoms with van der Waals surface area (Å²) in [6.45, 7) is -0.869. The maximum atomic E-state index is 13.7. The van der Waals surface area contributed by atoms with Crippen LogP contribution in [0.25, 0.3) is 11.1 Å². The number of carbonyl (C=O) groups excluding carboxylic acids is 2. The topological polar surface area (TPSA) is 72.8 Å². The van der Waals surface area contributed by atoms with Gasteiger partial charge in [0.25, 0.3) is 0 Å². The van der Waals surface area contributed by atoms with Crippen molar-refractivity contribution >= 4 is 11.9 Å². The Morgan fingerprint density at radius 3 is 2.28 bits per heavy atom. The fourth-order valence-corrected chi connectivity index (χ4v) is 2.52. The van der Waals surface area contributed by atoms with E-state index in [0.717, 1.165) is 11.1 Å². The Hall–Kier alpha value is -2.80. The van der Waals surface area contributed by atoms with Gasteiger partial charge in [-0.2, -0.15) is 8.78 Å². The molecule has 0 radical (unpaired) electrons. The number of alkyl halides is 2. The smallest absolute Gasteiger partial charge is 0.382 e. The van der Waals surface area contributed by atoms with E-state index in [1.807, 2.05) is 30.3 Å². The van der Waals surface area contributed by atoms with Gasteiger partial charge in [0, 0.05) is 0 Å². The zero-order valence-corrected chi connectivity index (χ0v) is 12.9. The molecule has 0 saturated carbocycles. The molecule has 0 aliphatic carbocycles. The van der Waals surface area contributed by atoms with E-state index in [-0.39, 0.29) is 5.56 Å². The lowest BCUT2D eigenvalue weighted by molar-refractivity contribution is -0.163. The SMILES string of the molecule is O=C(O[C@@H]1[C@@H](CO)OC(=O)C1(F)F)c1ccc(-c2ccccc2)cc1. The fraction of sp³-hybridized carbons (Fsp3) is 0.222.